The number of nitrogens with two attached hydrogens (primary N) is 2. The lowest BCUT2D eigenvalue weighted by Gasteiger charge is -2.05. The minimum atomic E-state index is -0.0696. The number of alkyl halides is 1. The molecule has 0 heterocycles. The van der Waals surface area contributed by atoms with E-state index in [4.69, 9.17) is 23.1 Å². The molecule has 0 fully saturated rings. The van der Waals surface area contributed by atoms with Gasteiger partial charge in [0.2, 0.25) is 0 Å². The largest absolute Gasteiger partial charge is 0.397 e. The molecular weight excluding hydrogens is 188 g/mol. The predicted octanol–water partition coefficient (Wildman–Crippen LogP) is 1.66. The van der Waals surface area contributed by atoms with Gasteiger partial charge in [-0.3, -0.25) is 4.79 Å². The second-order valence-corrected chi connectivity index (χ2v) is 3.05. The Morgan fingerprint density at radius 1 is 1.38 bits per heavy atom. The summed E-state index contributed by atoms with van der Waals surface area (Å²) in [5.41, 5.74) is 12.4. The van der Waals surface area contributed by atoms with Gasteiger partial charge in [-0.1, -0.05) is 6.07 Å². The molecule has 0 aromatic heterocycles. The van der Waals surface area contributed by atoms with E-state index in [0.29, 0.717) is 22.8 Å². The van der Waals surface area contributed by atoms with Crippen molar-refractivity contribution in [2.75, 3.05) is 17.3 Å². The van der Waals surface area contributed by atoms with Gasteiger partial charge in [-0.05, 0) is 12.1 Å². The normalized spacial score (nSPS) is 9.92. The lowest BCUT2D eigenvalue weighted by molar-refractivity contribution is 0.0990. The van der Waals surface area contributed by atoms with E-state index in [2.05, 4.69) is 0 Å². The van der Waals surface area contributed by atoms with Crippen LogP contribution in [0.1, 0.15) is 16.8 Å². The Morgan fingerprint density at radius 3 is 2.69 bits per heavy atom. The number of hydrogen-bond donors (Lipinski definition) is 2. The van der Waals surface area contributed by atoms with Gasteiger partial charge in [-0.25, -0.2) is 0 Å². The number of ketones is 1. The first kappa shape index (κ1) is 9.86. The summed E-state index contributed by atoms with van der Waals surface area (Å²) >= 11 is 5.45. The van der Waals surface area contributed by atoms with E-state index in [1.165, 1.54) is 0 Å². The van der Waals surface area contributed by atoms with Crippen molar-refractivity contribution in [2.24, 2.45) is 0 Å². The molecule has 0 aliphatic heterocycles. The summed E-state index contributed by atoms with van der Waals surface area (Å²) in [7, 11) is 0. The lowest BCUT2D eigenvalue weighted by Crippen LogP contribution is -2.06. The molecular formula is C9H11ClN2O. The number of Topliss-reactive ketones (excluding diaryl/α,β-unsaturated/α-hetero) is 1. The highest BCUT2D eigenvalue weighted by atomic mass is 35.5. The molecule has 0 aliphatic rings. The summed E-state index contributed by atoms with van der Waals surface area (Å²) in [4.78, 5) is 11.4. The number of rotatable bonds is 3. The average Bonchev–Trinajstić information content (AvgIpc) is 2.10. The zero-order valence-electron chi connectivity index (χ0n) is 7.09. The molecule has 0 spiro atoms. The van der Waals surface area contributed by atoms with Crippen LogP contribution < -0.4 is 11.5 Å². The third-order valence-electron chi connectivity index (χ3n) is 1.76. The number of benzene rings is 1. The third kappa shape index (κ3) is 2.12. The summed E-state index contributed by atoms with van der Waals surface area (Å²) in [6.45, 7) is 0. The van der Waals surface area contributed by atoms with Crippen molar-refractivity contribution in [3.63, 3.8) is 0 Å². The topological polar surface area (TPSA) is 69.1 Å². The lowest BCUT2D eigenvalue weighted by atomic mass is 10.1. The Balaban J connectivity index is 3.01. The van der Waals surface area contributed by atoms with Crippen LogP contribution in [0.2, 0.25) is 0 Å². The quantitative estimate of drug-likeness (QED) is 0.441. The second kappa shape index (κ2) is 4.14. The highest BCUT2D eigenvalue weighted by Gasteiger charge is 2.09. The number of nitrogen functional groups attached to an aromatic ring is 2. The van der Waals surface area contributed by atoms with Crippen molar-refractivity contribution >= 4 is 28.8 Å². The summed E-state index contributed by atoms with van der Waals surface area (Å²) in [5.74, 6) is 0.229. The van der Waals surface area contributed by atoms with Crippen molar-refractivity contribution in [3.8, 4) is 0 Å². The molecule has 1 aromatic carbocycles. The minimum absolute atomic E-state index is 0.0696. The maximum Gasteiger partial charge on any atom is 0.166 e. The number of carbonyl (C=O) groups is 1. The molecule has 0 atom stereocenters. The van der Waals surface area contributed by atoms with Crippen LogP contribution in [-0.2, 0) is 0 Å². The number of halogens is 1. The van der Waals surface area contributed by atoms with Gasteiger partial charge < -0.3 is 11.5 Å². The highest BCUT2D eigenvalue weighted by Crippen LogP contribution is 2.20. The van der Waals surface area contributed by atoms with E-state index >= 15 is 0 Å². The maximum absolute atomic E-state index is 11.4. The van der Waals surface area contributed by atoms with Gasteiger partial charge >= 0.3 is 0 Å². The summed E-state index contributed by atoms with van der Waals surface area (Å²) in [6.07, 6.45) is 0.287. The van der Waals surface area contributed by atoms with Crippen LogP contribution in [-0.4, -0.2) is 11.7 Å². The molecule has 1 aromatic rings. The SMILES string of the molecule is Nc1cccc(C(=O)CCCl)c1N. The predicted molar refractivity (Wildman–Crippen MR) is 54.9 cm³/mol. The van der Waals surface area contributed by atoms with Crippen molar-refractivity contribution in [1.82, 2.24) is 0 Å². The smallest absolute Gasteiger partial charge is 0.166 e. The first-order valence-electron chi connectivity index (χ1n) is 3.90. The highest BCUT2D eigenvalue weighted by molar-refractivity contribution is 6.20. The van der Waals surface area contributed by atoms with Crippen LogP contribution in [0.5, 0.6) is 0 Å². The molecule has 1 rings (SSSR count). The molecule has 0 saturated carbocycles. The molecule has 3 nitrogen and oxygen atoms in total. The molecule has 0 aliphatic carbocycles. The number of hydrogen-bond acceptors (Lipinski definition) is 3. The van der Waals surface area contributed by atoms with Gasteiger partial charge in [0.1, 0.15) is 0 Å². The van der Waals surface area contributed by atoms with Crippen LogP contribution >= 0.6 is 11.6 Å². The van der Waals surface area contributed by atoms with Crippen molar-refractivity contribution in [2.45, 2.75) is 6.42 Å². The van der Waals surface area contributed by atoms with Crippen LogP contribution in [0, 0.1) is 0 Å². The zero-order valence-corrected chi connectivity index (χ0v) is 7.84. The molecule has 0 unspecified atom stereocenters. The fraction of sp³-hybridized carbons (Fsp3) is 0.222. The molecule has 0 radical (unpaired) electrons. The molecule has 4 heteroatoms. The average molecular weight is 199 g/mol. The van der Waals surface area contributed by atoms with Crippen LogP contribution in [0.4, 0.5) is 11.4 Å². The molecule has 0 bridgehead atoms. The molecule has 0 saturated heterocycles. The third-order valence-corrected chi connectivity index (χ3v) is 1.95. The van der Waals surface area contributed by atoms with Crippen LogP contribution in [0.3, 0.4) is 0 Å². The van der Waals surface area contributed by atoms with Crippen molar-refractivity contribution in [3.05, 3.63) is 23.8 Å². The van der Waals surface area contributed by atoms with E-state index < -0.39 is 0 Å². The van der Waals surface area contributed by atoms with Gasteiger partial charge in [0.25, 0.3) is 0 Å². The Hall–Kier alpha value is -1.22. The molecule has 4 N–H and O–H groups in total. The van der Waals surface area contributed by atoms with Gasteiger partial charge in [0.05, 0.1) is 11.4 Å². The maximum atomic E-state index is 11.4. The van der Waals surface area contributed by atoms with Gasteiger partial charge in [-0.15, -0.1) is 11.6 Å². The minimum Gasteiger partial charge on any atom is -0.397 e. The Bertz CT molecular complexity index is 325. The second-order valence-electron chi connectivity index (χ2n) is 2.67. The Kier molecular flexibility index (Phi) is 3.14. The number of anilines is 2. The monoisotopic (exact) mass is 198 g/mol. The van der Waals surface area contributed by atoms with Crippen LogP contribution in [0.25, 0.3) is 0 Å². The standard InChI is InChI=1S/C9H11ClN2O/c10-5-4-8(13)6-2-1-3-7(11)9(6)12/h1-3H,4-5,11-12H2. The van der Waals surface area contributed by atoms with E-state index in [1.807, 2.05) is 0 Å². The van der Waals surface area contributed by atoms with Gasteiger partial charge in [0.15, 0.2) is 5.78 Å². The van der Waals surface area contributed by atoms with E-state index in [-0.39, 0.29) is 12.2 Å². The summed E-state index contributed by atoms with van der Waals surface area (Å²) < 4.78 is 0. The summed E-state index contributed by atoms with van der Waals surface area (Å²) in [6, 6.07) is 5.01. The first-order chi connectivity index (χ1) is 6.16. The molecule has 70 valence electrons. The van der Waals surface area contributed by atoms with E-state index in [1.54, 1.807) is 18.2 Å². The Morgan fingerprint density at radius 2 is 2.08 bits per heavy atom. The van der Waals surface area contributed by atoms with E-state index in [9.17, 15) is 4.79 Å². The van der Waals surface area contributed by atoms with Crippen LogP contribution in [0.15, 0.2) is 18.2 Å². The summed E-state index contributed by atoms with van der Waals surface area (Å²) in [5, 5.41) is 0. The Labute approximate surface area is 81.7 Å². The van der Waals surface area contributed by atoms with E-state index in [0.717, 1.165) is 0 Å². The van der Waals surface area contributed by atoms with Crippen molar-refractivity contribution in [1.29, 1.82) is 0 Å². The molecule has 0 amide bonds. The van der Waals surface area contributed by atoms with Crippen molar-refractivity contribution < 1.29 is 4.79 Å². The first-order valence-corrected chi connectivity index (χ1v) is 4.43. The van der Waals surface area contributed by atoms with Gasteiger partial charge in [-0.2, -0.15) is 0 Å². The fourth-order valence-corrected chi connectivity index (χ4v) is 1.22. The van der Waals surface area contributed by atoms with Gasteiger partial charge in [0, 0.05) is 17.9 Å². The molecule has 13 heavy (non-hydrogen) atoms. The number of carbonyl (C=O) groups excluding carboxylic acids is 1. The number of para-hydroxylation sites is 1. The zero-order chi connectivity index (χ0) is 9.84. The fourth-order valence-electron chi connectivity index (χ4n) is 1.05.